The van der Waals surface area contributed by atoms with Crippen molar-refractivity contribution in [1.82, 2.24) is 9.36 Å². The first-order valence-corrected chi connectivity index (χ1v) is 8.36. The summed E-state index contributed by atoms with van der Waals surface area (Å²) in [4.78, 5) is 16.3. The minimum absolute atomic E-state index is 0.318. The number of hydrogen-bond acceptors (Lipinski definition) is 1. The standard InChI is InChI=1S/C18H19F4N3O/c1-11-9-15(25(24(11)2)10-12-5-3-6-12)23-17(26)13-7-4-8-14(16(13)19)18(20,21)22/h4,7-9,12H,3,5-6,10H2,1-2H3/b23-15+. The summed E-state index contributed by atoms with van der Waals surface area (Å²) >= 11 is 0. The van der Waals surface area contributed by atoms with E-state index in [4.69, 9.17) is 0 Å². The molecule has 1 aliphatic rings. The lowest BCUT2D eigenvalue weighted by Gasteiger charge is -2.26. The van der Waals surface area contributed by atoms with E-state index in [-0.39, 0.29) is 0 Å². The van der Waals surface area contributed by atoms with Crippen LogP contribution in [0.3, 0.4) is 0 Å². The predicted molar refractivity (Wildman–Crippen MR) is 86.8 cm³/mol. The Kier molecular flexibility index (Phi) is 4.77. The molecule has 0 saturated heterocycles. The number of aromatic nitrogens is 2. The van der Waals surface area contributed by atoms with E-state index in [1.54, 1.807) is 6.07 Å². The van der Waals surface area contributed by atoms with Crippen LogP contribution in [-0.4, -0.2) is 15.3 Å². The molecule has 2 aromatic rings. The molecule has 140 valence electrons. The second-order valence-corrected chi connectivity index (χ2v) is 6.63. The second kappa shape index (κ2) is 6.74. The third-order valence-electron chi connectivity index (χ3n) is 4.88. The Labute approximate surface area is 147 Å². The van der Waals surface area contributed by atoms with Gasteiger partial charge >= 0.3 is 6.18 Å². The van der Waals surface area contributed by atoms with E-state index in [1.165, 1.54) is 0 Å². The average molecular weight is 369 g/mol. The molecule has 1 aromatic carbocycles. The summed E-state index contributed by atoms with van der Waals surface area (Å²) in [6, 6.07) is 4.30. The molecule has 4 nitrogen and oxygen atoms in total. The summed E-state index contributed by atoms with van der Waals surface area (Å²) in [5.74, 6) is -2.13. The SMILES string of the molecule is Cc1c/c(=N\C(=O)c2cccc(C(F)(F)F)c2F)n(CC2CCC2)n1C. The van der Waals surface area contributed by atoms with Crippen LogP contribution in [0.5, 0.6) is 0 Å². The highest BCUT2D eigenvalue weighted by molar-refractivity contribution is 5.95. The Morgan fingerprint density at radius 3 is 2.58 bits per heavy atom. The Bertz CT molecular complexity index is 904. The first-order chi connectivity index (χ1) is 12.2. The molecule has 1 aromatic heterocycles. The summed E-state index contributed by atoms with van der Waals surface area (Å²) in [6.07, 6.45) is -1.52. The van der Waals surface area contributed by atoms with Crippen molar-refractivity contribution in [2.24, 2.45) is 18.0 Å². The van der Waals surface area contributed by atoms with Gasteiger partial charge in [-0.1, -0.05) is 12.5 Å². The molecular formula is C18H19F4N3O. The van der Waals surface area contributed by atoms with E-state index >= 15 is 0 Å². The third kappa shape index (κ3) is 3.45. The number of aryl methyl sites for hydroxylation is 1. The van der Waals surface area contributed by atoms with Crippen LogP contribution in [0.1, 0.15) is 40.9 Å². The molecule has 1 aliphatic carbocycles. The van der Waals surface area contributed by atoms with Gasteiger partial charge in [0.25, 0.3) is 5.91 Å². The maximum Gasteiger partial charge on any atom is 0.419 e. The van der Waals surface area contributed by atoms with E-state index < -0.39 is 29.0 Å². The summed E-state index contributed by atoms with van der Waals surface area (Å²) in [7, 11) is 1.82. The molecule has 0 spiro atoms. The van der Waals surface area contributed by atoms with Crippen LogP contribution >= 0.6 is 0 Å². The average Bonchev–Trinajstić information content (AvgIpc) is 2.76. The zero-order valence-corrected chi connectivity index (χ0v) is 14.5. The Balaban J connectivity index is 2.01. The van der Waals surface area contributed by atoms with Crippen LogP contribution in [0, 0.1) is 18.7 Å². The largest absolute Gasteiger partial charge is 0.419 e. The fraction of sp³-hybridized carbons (Fsp3) is 0.444. The maximum atomic E-state index is 14.2. The number of carbonyl (C=O) groups is 1. The van der Waals surface area contributed by atoms with Gasteiger partial charge in [-0.2, -0.15) is 18.2 Å². The van der Waals surface area contributed by atoms with Gasteiger partial charge in [-0.3, -0.25) is 14.2 Å². The molecule has 0 atom stereocenters. The van der Waals surface area contributed by atoms with Crippen LogP contribution in [0.4, 0.5) is 17.6 Å². The van der Waals surface area contributed by atoms with E-state index in [0.717, 1.165) is 37.1 Å². The number of nitrogens with zero attached hydrogens (tertiary/aromatic N) is 3. The Morgan fingerprint density at radius 1 is 1.31 bits per heavy atom. The van der Waals surface area contributed by atoms with Gasteiger partial charge in [-0.25, -0.2) is 4.39 Å². The third-order valence-corrected chi connectivity index (χ3v) is 4.88. The van der Waals surface area contributed by atoms with Gasteiger partial charge < -0.3 is 0 Å². The zero-order chi connectivity index (χ0) is 19.1. The topological polar surface area (TPSA) is 39.3 Å². The molecular weight excluding hydrogens is 350 g/mol. The normalized spacial score (nSPS) is 16.0. The lowest BCUT2D eigenvalue weighted by molar-refractivity contribution is -0.140. The van der Waals surface area contributed by atoms with E-state index in [9.17, 15) is 22.4 Å². The highest BCUT2D eigenvalue weighted by atomic mass is 19.4. The molecule has 1 fully saturated rings. The summed E-state index contributed by atoms with van der Waals surface area (Å²) in [5.41, 5.74) is -0.985. The highest BCUT2D eigenvalue weighted by Crippen LogP contribution is 2.32. The fourth-order valence-electron chi connectivity index (χ4n) is 3.01. The number of rotatable bonds is 3. The first-order valence-electron chi connectivity index (χ1n) is 8.36. The van der Waals surface area contributed by atoms with Gasteiger partial charge in [0, 0.05) is 25.4 Å². The second-order valence-electron chi connectivity index (χ2n) is 6.63. The van der Waals surface area contributed by atoms with Crippen LogP contribution in [0.25, 0.3) is 0 Å². The van der Waals surface area contributed by atoms with Crippen molar-refractivity contribution in [2.45, 2.75) is 38.9 Å². The van der Waals surface area contributed by atoms with Gasteiger partial charge in [-0.05, 0) is 37.8 Å². The van der Waals surface area contributed by atoms with Gasteiger partial charge in [0.2, 0.25) is 0 Å². The number of amides is 1. The molecule has 8 heteroatoms. The Hall–Kier alpha value is -2.38. The minimum Gasteiger partial charge on any atom is -0.291 e. The lowest BCUT2D eigenvalue weighted by atomic mass is 9.85. The van der Waals surface area contributed by atoms with Crippen molar-refractivity contribution in [3.8, 4) is 0 Å². The van der Waals surface area contributed by atoms with Crippen LogP contribution < -0.4 is 5.49 Å². The molecule has 0 radical (unpaired) electrons. The van der Waals surface area contributed by atoms with Gasteiger partial charge in [0.15, 0.2) is 5.49 Å². The van der Waals surface area contributed by atoms with Crippen LogP contribution in [0.15, 0.2) is 29.3 Å². The minimum atomic E-state index is -4.87. The molecule has 0 aliphatic heterocycles. The van der Waals surface area contributed by atoms with Crippen molar-refractivity contribution >= 4 is 5.91 Å². The number of halogens is 4. The number of benzene rings is 1. The van der Waals surface area contributed by atoms with Crippen LogP contribution in [0.2, 0.25) is 0 Å². The molecule has 1 amide bonds. The highest BCUT2D eigenvalue weighted by Gasteiger charge is 2.35. The summed E-state index contributed by atoms with van der Waals surface area (Å²) in [6.45, 7) is 2.51. The first kappa shape index (κ1) is 18.4. The fourth-order valence-corrected chi connectivity index (χ4v) is 3.01. The molecule has 0 bridgehead atoms. The lowest BCUT2D eigenvalue weighted by Crippen LogP contribution is -2.30. The van der Waals surface area contributed by atoms with Crippen molar-refractivity contribution in [3.05, 3.63) is 52.4 Å². The maximum absolute atomic E-state index is 14.2. The van der Waals surface area contributed by atoms with Crippen molar-refractivity contribution < 1.29 is 22.4 Å². The number of carbonyl (C=O) groups excluding carboxylic acids is 1. The molecule has 1 heterocycles. The monoisotopic (exact) mass is 369 g/mol. The van der Waals surface area contributed by atoms with Gasteiger partial charge in [0.05, 0.1) is 11.1 Å². The molecule has 0 N–H and O–H groups in total. The van der Waals surface area contributed by atoms with Gasteiger partial charge in [0.1, 0.15) is 5.82 Å². The Morgan fingerprint density at radius 2 is 2.00 bits per heavy atom. The quantitative estimate of drug-likeness (QED) is 0.758. The smallest absolute Gasteiger partial charge is 0.291 e. The van der Waals surface area contributed by atoms with Crippen molar-refractivity contribution in [1.29, 1.82) is 0 Å². The van der Waals surface area contributed by atoms with Crippen molar-refractivity contribution in [3.63, 3.8) is 0 Å². The molecule has 0 unspecified atom stereocenters. The zero-order valence-electron chi connectivity index (χ0n) is 14.5. The van der Waals surface area contributed by atoms with Gasteiger partial charge in [-0.15, -0.1) is 0 Å². The summed E-state index contributed by atoms with van der Waals surface area (Å²) in [5, 5.41) is 0. The van der Waals surface area contributed by atoms with Crippen molar-refractivity contribution in [2.75, 3.05) is 0 Å². The number of alkyl halides is 3. The van der Waals surface area contributed by atoms with E-state index in [0.29, 0.717) is 24.0 Å². The molecule has 3 rings (SSSR count). The molecule has 1 saturated carbocycles. The number of hydrogen-bond donors (Lipinski definition) is 0. The van der Waals surface area contributed by atoms with Crippen LogP contribution in [-0.2, 0) is 19.8 Å². The van der Waals surface area contributed by atoms with E-state index in [1.807, 2.05) is 23.3 Å². The van der Waals surface area contributed by atoms with E-state index in [2.05, 4.69) is 4.99 Å². The predicted octanol–water partition coefficient (Wildman–Crippen LogP) is 3.83. The summed E-state index contributed by atoms with van der Waals surface area (Å²) < 4.78 is 56.3. The molecule has 26 heavy (non-hydrogen) atoms.